The molecule has 0 saturated heterocycles. The van der Waals surface area contributed by atoms with Crippen LogP contribution in [0.1, 0.15) is 37.8 Å². The van der Waals surface area contributed by atoms with E-state index in [-0.39, 0.29) is 5.56 Å². The average Bonchev–Trinajstić information content (AvgIpc) is 2.75. The van der Waals surface area contributed by atoms with E-state index in [0.717, 1.165) is 24.0 Å². The first kappa shape index (κ1) is 24.3. The molecule has 2 heterocycles. The quantitative estimate of drug-likeness (QED) is 0.603. The van der Waals surface area contributed by atoms with Crippen LogP contribution in [0.4, 0.5) is 0 Å². The summed E-state index contributed by atoms with van der Waals surface area (Å²) in [6.07, 6.45) is 13.8. The predicted molar refractivity (Wildman–Crippen MR) is 122 cm³/mol. The number of aromatic nitrogens is 2. The third-order valence-corrected chi connectivity index (χ3v) is 4.36. The minimum atomic E-state index is -0.0641. The van der Waals surface area contributed by atoms with Crippen LogP contribution in [-0.2, 0) is 0 Å². The van der Waals surface area contributed by atoms with Crippen LogP contribution in [0, 0.1) is 0 Å². The van der Waals surface area contributed by atoms with Gasteiger partial charge in [-0.3, -0.25) is 4.79 Å². The zero-order chi connectivity index (χ0) is 21.5. The summed E-state index contributed by atoms with van der Waals surface area (Å²) in [5, 5.41) is 6.33. The molecule has 0 radical (unpaired) electrons. The summed E-state index contributed by atoms with van der Waals surface area (Å²) in [5.41, 5.74) is 2.05. The lowest BCUT2D eigenvalue weighted by Crippen LogP contribution is -2.19. The van der Waals surface area contributed by atoms with Crippen molar-refractivity contribution in [2.24, 2.45) is 0 Å². The summed E-state index contributed by atoms with van der Waals surface area (Å²) in [6.45, 7) is 4.27. The minimum absolute atomic E-state index is 0.0641. The van der Waals surface area contributed by atoms with Gasteiger partial charge in [-0.25, -0.2) is 4.98 Å². The molecule has 0 aromatic carbocycles. The number of aromatic amines is 1. The summed E-state index contributed by atoms with van der Waals surface area (Å²) in [5.74, 6) is 0.649. The summed E-state index contributed by atoms with van der Waals surface area (Å²) in [6, 6.07) is 8.18. The van der Waals surface area contributed by atoms with Crippen molar-refractivity contribution in [2.45, 2.75) is 38.8 Å². The zero-order valence-electron chi connectivity index (χ0n) is 18.1. The molecule has 0 fully saturated rings. The number of hydrogen-bond donors (Lipinski definition) is 3. The van der Waals surface area contributed by atoms with E-state index in [2.05, 4.69) is 52.7 Å². The van der Waals surface area contributed by atoms with Gasteiger partial charge >= 0.3 is 0 Å². The molecule has 0 bridgehead atoms. The molecule has 0 amide bonds. The van der Waals surface area contributed by atoms with Crippen molar-refractivity contribution in [2.75, 3.05) is 21.2 Å². The van der Waals surface area contributed by atoms with E-state index in [1.54, 1.807) is 25.6 Å². The Bertz CT molecular complexity index is 777. The third kappa shape index (κ3) is 11.0. The molecule has 0 spiro atoms. The Labute approximate surface area is 174 Å². The minimum Gasteiger partial charge on any atom is -0.481 e. The van der Waals surface area contributed by atoms with Crippen molar-refractivity contribution in [3.8, 4) is 5.88 Å². The van der Waals surface area contributed by atoms with Gasteiger partial charge in [0.1, 0.15) is 0 Å². The van der Waals surface area contributed by atoms with Crippen molar-refractivity contribution in [3.05, 3.63) is 70.3 Å². The van der Waals surface area contributed by atoms with Gasteiger partial charge in [0.05, 0.1) is 7.11 Å². The molecule has 0 aliphatic heterocycles. The number of pyridine rings is 2. The van der Waals surface area contributed by atoms with Crippen LogP contribution >= 0.6 is 0 Å². The Hall–Kier alpha value is -2.70. The Morgan fingerprint density at radius 1 is 1.00 bits per heavy atom. The average molecular weight is 399 g/mol. The molecule has 2 atom stereocenters. The maximum absolute atomic E-state index is 10.8. The monoisotopic (exact) mass is 398 g/mol. The van der Waals surface area contributed by atoms with Crippen LogP contribution in [0.5, 0.6) is 5.88 Å². The smallest absolute Gasteiger partial charge is 0.247 e. The van der Waals surface area contributed by atoms with Gasteiger partial charge < -0.3 is 20.4 Å². The number of rotatable bonds is 9. The summed E-state index contributed by atoms with van der Waals surface area (Å²) >= 11 is 0. The summed E-state index contributed by atoms with van der Waals surface area (Å²) in [4.78, 5) is 17.5. The van der Waals surface area contributed by atoms with E-state index in [1.165, 1.54) is 6.07 Å². The lowest BCUT2D eigenvalue weighted by Gasteiger charge is -2.04. The van der Waals surface area contributed by atoms with Gasteiger partial charge in [0, 0.05) is 36.6 Å². The fourth-order valence-corrected chi connectivity index (χ4v) is 2.19. The van der Waals surface area contributed by atoms with E-state index >= 15 is 0 Å². The second-order valence-corrected chi connectivity index (χ2v) is 6.78. The van der Waals surface area contributed by atoms with Crippen molar-refractivity contribution in [1.82, 2.24) is 20.6 Å². The lowest BCUT2D eigenvalue weighted by atomic mass is 10.2. The molecule has 29 heavy (non-hydrogen) atoms. The fraction of sp³-hybridized carbons (Fsp3) is 0.391. The van der Waals surface area contributed by atoms with Gasteiger partial charge in [-0.15, -0.1) is 0 Å². The van der Waals surface area contributed by atoms with Gasteiger partial charge in [-0.05, 0) is 64.0 Å². The molecule has 2 aromatic rings. The van der Waals surface area contributed by atoms with E-state index in [1.807, 2.05) is 32.3 Å². The van der Waals surface area contributed by atoms with Crippen LogP contribution in [0.25, 0.3) is 12.2 Å². The highest BCUT2D eigenvalue weighted by atomic mass is 16.5. The summed E-state index contributed by atoms with van der Waals surface area (Å²) < 4.78 is 4.98. The van der Waals surface area contributed by atoms with Gasteiger partial charge in [0.15, 0.2) is 0 Å². The van der Waals surface area contributed by atoms with Crippen LogP contribution in [-0.4, -0.2) is 43.3 Å². The molecule has 0 aliphatic carbocycles. The number of methoxy groups -OCH3 is 1. The van der Waals surface area contributed by atoms with Crippen molar-refractivity contribution >= 4 is 12.2 Å². The molecular formula is C23H34N4O2. The highest BCUT2D eigenvalue weighted by Crippen LogP contribution is 2.08. The molecule has 2 aromatic heterocycles. The Morgan fingerprint density at radius 2 is 1.59 bits per heavy atom. The number of hydrogen-bond acceptors (Lipinski definition) is 5. The van der Waals surface area contributed by atoms with E-state index in [4.69, 9.17) is 4.74 Å². The van der Waals surface area contributed by atoms with E-state index in [9.17, 15) is 4.79 Å². The van der Waals surface area contributed by atoms with Crippen LogP contribution in [0.15, 0.2) is 53.6 Å². The molecule has 0 saturated carbocycles. The normalized spacial score (nSPS) is 13.1. The van der Waals surface area contributed by atoms with Gasteiger partial charge in [-0.2, -0.15) is 0 Å². The Kier molecular flexibility index (Phi) is 12.0. The van der Waals surface area contributed by atoms with Crippen molar-refractivity contribution < 1.29 is 4.74 Å². The van der Waals surface area contributed by atoms with Gasteiger partial charge in [0.25, 0.3) is 0 Å². The van der Waals surface area contributed by atoms with Crippen LogP contribution < -0.4 is 20.9 Å². The molecule has 2 unspecified atom stereocenters. The largest absolute Gasteiger partial charge is 0.481 e. The highest BCUT2D eigenvalue weighted by molar-refractivity contribution is 5.48. The molecule has 6 heteroatoms. The summed E-state index contributed by atoms with van der Waals surface area (Å²) in [7, 11) is 5.53. The lowest BCUT2D eigenvalue weighted by molar-refractivity contribution is 0.398. The molecule has 3 N–H and O–H groups in total. The van der Waals surface area contributed by atoms with Crippen molar-refractivity contribution in [1.29, 1.82) is 0 Å². The number of H-pyrrole nitrogens is 1. The molecule has 158 valence electrons. The second-order valence-electron chi connectivity index (χ2n) is 6.78. The fourth-order valence-electron chi connectivity index (χ4n) is 2.19. The standard InChI is InChI=1S/C12H18N2O.C11H16N2O/c1-10(13-2)5-4-6-11-7-8-12(15-3)14-9-11;1-9(12-2)4-3-5-10-6-7-11(14)13-8-10/h4,6-10,13H,5H2,1-3H3;3,5-9,12H,4H2,1-2H3,(H,13,14). The highest BCUT2D eigenvalue weighted by Gasteiger charge is 1.94. The Morgan fingerprint density at radius 3 is 2.03 bits per heavy atom. The molecular weight excluding hydrogens is 364 g/mol. The van der Waals surface area contributed by atoms with E-state index in [0.29, 0.717) is 18.0 Å². The zero-order valence-corrected chi connectivity index (χ0v) is 18.1. The maximum atomic E-state index is 10.8. The molecule has 0 aliphatic rings. The van der Waals surface area contributed by atoms with Crippen molar-refractivity contribution in [3.63, 3.8) is 0 Å². The number of nitrogens with one attached hydrogen (secondary N) is 3. The topological polar surface area (TPSA) is 79.0 Å². The Balaban J connectivity index is 0.000000291. The number of ether oxygens (including phenoxy) is 1. The SMILES string of the molecule is CNC(C)CC=Cc1ccc(=O)[nH]c1.CNC(C)CC=Cc1ccc(OC)nc1. The first-order valence-corrected chi connectivity index (χ1v) is 9.84. The van der Waals surface area contributed by atoms with Crippen LogP contribution in [0.2, 0.25) is 0 Å². The molecule has 2 rings (SSSR count). The van der Waals surface area contributed by atoms with E-state index < -0.39 is 0 Å². The maximum Gasteiger partial charge on any atom is 0.247 e. The predicted octanol–water partition coefficient (Wildman–Crippen LogP) is 3.49. The molecule has 6 nitrogen and oxygen atoms in total. The first-order chi connectivity index (χ1) is 14.0. The van der Waals surface area contributed by atoms with Crippen LogP contribution in [0.3, 0.4) is 0 Å². The first-order valence-electron chi connectivity index (χ1n) is 9.84. The number of nitrogens with zero attached hydrogens (tertiary/aromatic N) is 1. The van der Waals surface area contributed by atoms with Gasteiger partial charge in [0.2, 0.25) is 11.4 Å². The second kappa shape index (κ2) is 14.3. The van der Waals surface area contributed by atoms with Gasteiger partial charge in [-0.1, -0.05) is 24.3 Å². The third-order valence-electron chi connectivity index (χ3n) is 4.36.